The van der Waals surface area contributed by atoms with E-state index in [0.717, 1.165) is 38.5 Å². The summed E-state index contributed by atoms with van der Waals surface area (Å²) >= 11 is 0. The van der Waals surface area contributed by atoms with Gasteiger partial charge in [-0.3, -0.25) is 0 Å². The number of nitrogens with one attached hydrogen (secondary N) is 1. The van der Waals surface area contributed by atoms with Crippen molar-refractivity contribution < 1.29 is 14.6 Å². The molecule has 17 heavy (non-hydrogen) atoms. The SMILES string of the molecule is CC1(O)CCC(NC(=O)OC2CCCC2)CC1. The van der Waals surface area contributed by atoms with Crippen LogP contribution in [0.4, 0.5) is 4.79 Å². The highest BCUT2D eigenvalue weighted by atomic mass is 16.6. The highest BCUT2D eigenvalue weighted by Crippen LogP contribution is 2.28. The van der Waals surface area contributed by atoms with Crippen molar-refractivity contribution in [1.82, 2.24) is 5.32 Å². The zero-order valence-electron chi connectivity index (χ0n) is 10.6. The molecule has 0 unspecified atom stereocenters. The first-order valence-corrected chi connectivity index (χ1v) is 6.75. The van der Waals surface area contributed by atoms with Crippen molar-refractivity contribution in [3.8, 4) is 0 Å². The maximum Gasteiger partial charge on any atom is 0.407 e. The molecule has 98 valence electrons. The fourth-order valence-electron chi connectivity index (χ4n) is 2.74. The number of carbonyl (C=O) groups excluding carboxylic acids is 1. The van der Waals surface area contributed by atoms with Gasteiger partial charge in [-0.15, -0.1) is 0 Å². The third-order valence-electron chi connectivity index (χ3n) is 3.96. The van der Waals surface area contributed by atoms with Crippen LogP contribution in [0.3, 0.4) is 0 Å². The van der Waals surface area contributed by atoms with Crippen LogP contribution in [0.1, 0.15) is 58.3 Å². The molecule has 0 spiro atoms. The van der Waals surface area contributed by atoms with Crippen LogP contribution in [-0.4, -0.2) is 28.9 Å². The highest BCUT2D eigenvalue weighted by Gasteiger charge is 2.30. The van der Waals surface area contributed by atoms with Crippen LogP contribution in [0.5, 0.6) is 0 Å². The van der Waals surface area contributed by atoms with Crippen molar-refractivity contribution in [1.29, 1.82) is 0 Å². The summed E-state index contributed by atoms with van der Waals surface area (Å²) in [5, 5.41) is 12.7. The molecule has 2 aliphatic carbocycles. The molecule has 4 nitrogen and oxygen atoms in total. The fourth-order valence-corrected chi connectivity index (χ4v) is 2.74. The molecular weight excluding hydrogens is 218 g/mol. The summed E-state index contributed by atoms with van der Waals surface area (Å²) in [6, 6.07) is 0.170. The van der Waals surface area contributed by atoms with Gasteiger partial charge in [-0.2, -0.15) is 0 Å². The molecule has 0 radical (unpaired) electrons. The van der Waals surface area contributed by atoms with E-state index in [2.05, 4.69) is 5.32 Å². The third-order valence-corrected chi connectivity index (χ3v) is 3.96. The first-order valence-electron chi connectivity index (χ1n) is 6.75. The van der Waals surface area contributed by atoms with E-state index in [-0.39, 0.29) is 18.2 Å². The Bertz CT molecular complexity index is 262. The minimum absolute atomic E-state index is 0.127. The van der Waals surface area contributed by atoms with Crippen molar-refractivity contribution >= 4 is 6.09 Å². The monoisotopic (exact) mass is 241 g/mol. The molecule has 2 N–H and O–H groups in total. The van der Waals surface area contributed by atoms with Crippen LogP contribution in [0.15, 0.2) is 0 Å². The van der Waals surface area contributed by atoms with Crippen molar-refractivity contribution in [3.05, 3.63) is 0 Å². The standard InChI is InChI=1S/C13H23NO3/c1-13(16)8-6-10(7-9-13)14-12(15)17-11-4-2-3-5-11/h10-11,16H,2-9H2,1H3,(H,14,15). The molecule has 0 bridgehead atoms. The molecule has 1 amide bonds. The second-order valence-corrected chi connectivity index (χ2v) is 5.73. The molecule has 0 aromatic carbocycles. The van der Waals surface area contributed by atoms with Gasteiger partial charge in [0, 0.05) is 6.04 Å². The van der Waals surface area contributed by atoms with E-state index in [1.165, 1.54) is 12.8 Å². The van der Waals surface area contributed by atoms with E-state index in [1.54, 1.807) is 0 Å². The minimum Gasteiger partial charge on any atom is -0.446 e. The molecule has 2 rings (SSSR count). The first-order chi connectivity index (χ1) is 8.05. The summed E-state index contributed by atoms with van der Waals surface area (Å²) in [5.41, 5.74) is -0.548. The van der Waals surface area contributed by atoms with Crippen molar-refractivity contribution in [2.24, 2.45) is 0 Å². The molecule has 0 aromatic rings. The second-order valence-electron chi connectivity index (χ2n) is 5.73. The van der Waals surface area contributed by atoms with E-state index in [1.807, 2.05) is 6.92 Å². The Balaban J connectivity index is 1.68. The molecule has 4 heteroatoms. The molecule has 0 atom stereocenters. The van der Waals surface area contributed by atoms with Crippen molar-refractivity contribution in [3.63, 3.8) is 0 Å². The van der Waals surface area contributed by atoms with Gasteiger partial charge in [0.05, 0.1) is 5.60 Å². The molecule has 2 fully saturated rings. The number of alkyl carbamates (subject to hydrolysis) is 1. The van der Waals surface area contributed by atoms with Gasteiger partial charge in [0.1, 0.15) is 6.10 Å². The van der Waals surface area contributed by atoms with Crippen molar-refractivity contribution in [2.75, 3.05) is 0 Å². The predicted molar refractivity (Wildman–Crippen MR) is 64.8 cm³/mol. The molecular formula is C13H23NO3. The molecule has 0 saturated heterocycles. The Morgan fingerprint density at radius 3 is 2.41 bits per heavy atom. The summed E-state index contributed by atoms with van der Waals surface area (Å²) in [5.74, 6) is 0. The van der Waals surface area contributed by atoms with Gasteiger partial charge in [0.25, 0.3) is 0 Å². The van der Waals surface area contributed by atoms with Crippen LogP contribution in [0.2, 0.25) is 0 Å². The lowest BCUT2D eigenvalue weighted by Gasteiger charge is -2.33. The molecule has 0 heterocycles. The Morgan fingerprint density at radius 1 is 1.24 bits per heavy atom. The Kier molecular flexibility index (Phi) is 3.92. The van der Waals surface area contributed by atoms with E-state index >= 15 is 0 Å². The third kappa shape index (κ3) is 3.87. The van der Waals surface area contributed by atoms with Gasteiger partial charge < -0.3 is 15.2 Å². The van der Waals surface area contributed by atoms with E-state index < -0.39 is 5.60 Å². The summed E-state index contributed by atoms with van der Waals surface area (Å²) in [6.07, 6.45) is 7.39. The van der Waals surface area contributed by atoms with E-state index in [9.17, 15) is 9.90 Å². The molecule has 2 saturated carbocycles. The van der Waals surface area contributed by atoms with Crippen LogP contribution >= 0.6 is 0 Å². The quantitative estimate of drug-likeness (QED) is 0.780. The lowest BCUT2D eigenvalue weighted by Crippen LogP contribution is -2.43. The zero-order valence-corrected chi connectivity index (χ0v) is 10.6. The normalized spacial score (nSPS) is 34.6. The van der Waals surface area contributed by atoms with Crippen LogP contribution in [0.25, 0.3) is 0 Å². The highest BCUT2D eigenvalue weighted by molar-refractivity contribution is 5.67. The summed E-state index contributed by atoms with van der Waals surface area (Å²) in [6.45, 7) is 1.86. The van der Waals surface area contributed by atoms with Crippen LogP contribution in [0, 0.1) is 0 Å². The second kappa shape index (κ2) is 5.25. The topological polar surface area (TPSA) is 58.6 Å². The average molecular weight is 241 g/mol. The van der Waals surface area contributed by atoms with Gasteiger partial charge in [-0.05, 0) is 58.3 Å². The summed E-state index contributed by atoms with van der Waals surface area (Å²) in [4.78, 5) is 11.6. The van der Waals surface area contributed by atoms with Gasteiger partial charge in [0.2, 0.25) is 0 Å². The largest absolute Gasteiger partial charge is 0.446 e. The smallest absolute Gasteiger partial charge is 0.407 e. The number of hydrogen-bond acceptors (Lipinski definition) is 3. The van der Waals surface area contributed by atoms with E-state index in [4.69, 9.17) is 4.74 Å². The van der Waals surface area contributed by atoms with E-state index in [0.29, 0.717) is 0 Å². The molecule has 0 aliphatic heterocycles. The number of hydrogen-bond donors (Lipinski definition) is 2. The summed E-state index contributed by atoms with van der Waals surface area (Å²) < 4.78 is 5.35. The molecule has 2 aliphatic rings. The maximum atomic E-state index is 11.6. The van der Waals surface area contributed by atoms with Crippen LogP contribution in [-0.2, 0) is 4.74 Å². The van der Waals surface area contributed by atoms with Gasteiger partial charge >= 0.3 is 6.09 Å². The Labute approximate surface area is 103 Å². The average Bonchev–Trinajstić information content (AvgIpc) is 2.74. The Hall–Kier alpha value is -0.770. The Morgan fingerprint density at radius 2 is 1.82 bits per heavy atom. The predicted octanol–water partition coefficient (Wildman–Crippen LogP) is 2.35. The number of amides is 1. The maximum absolute atomic E-state index is 11.6. The first kappa shape index (κ1) is 12.7. The van der Waals surface area contributed by atoms with Gasteiger partial charge in [-0.1, -0.05) is 0 Å². The van der Waals surface area contributed by atoms with Gasteiger partial charge in [0.15, 0.2) is 0 Å². The van der Waals surface area contributed by atoms with Crippen molar-refractivity contribution in [2.45, 2.75) is 76.0 Å². The number of rotatable bonds is 2. The zero-order chi connectivity index (χ0) is 12.3. The van der Waals surface area contributed by atoms with Crippen LogP contribution < -0.4 is 5.32 Å². The number of carbonyl (C=O) groups is 1. The number of ether oxygens (including phenoxy) is 1. The lowest BCUT2D eigenvalue weighted by atomic mass is 9.84. The lowest BCUT2D eigenvalue weighted by molar-refractivity contribution is 0.0126. The van der Waals surface area contributed by atoms with Gasteiger partial charge in [-0.25, -0.2) is 4.79 Å². The number of aliphatic hydroxyl groups is 1. The minimum atomic E-state index is -0.548. The molecule has 0 aromatic heterocycles. The summed E-state index contributed by atoms with van der Waals surface area (Å²) in [7, 11) is 0. The fraction of sp³-hybridized carbons (Fsp3) is 0.923.